The first kappa shape index (κ1) is 15.0. The Morgan fingerprint density at radius 3 is 2.75 bits per heavy atom. The third-order valence-electron chi connectivity index (χ3n) is 3.70. The van der Waals surface area contributed by atoms with Gasteiger partial charge in [0, 0.05) is 36.9 Å². The lowest BCUT2D eigenvalue weighted by Crippen LogP contribution is -2.46. The van der Waals surface area contributed by atoms with E-state index in [1.165, 1.54) is 4.88 Å². The van der Waals surface area contributed by atoms with Crippen LogP contribution in [0.2, 0.25) is 0 Å². The number of nitrogens with one attached hydrogen (secondary N) is 1. The van der Waals surface area contributed by atoms with Gasteiger partial charge in [0.25, 0.3) is 0 Å². The zero-order chi connectivity index (χ0) is 14.4. The molecule has 1 N–H and O–H groups in total. The number of likely N-dealkylation sites (tertiary alicyclic amines) is 1. The molecule has 5 heteroatoms. The van der Waals surface area contributed by atoms with Crippen molar-refractivity contribution in [2.45, 2.75) is 45.1 Å². The van der Waals surface area contributed by atoms with Crippen molar-refractivity contribution in [2.24, 2.45) is 0 Å². The van der Waals surface area contributed by atoms with Crippen LogP contribution in [-0.2, 0) is 16.0 Å². The lowest BCUT2D eigenvalue weighted by molar-refractivity contribution is -0.132. The van der Waals surface area contributed by atoms with Crippen molar-refractivity contribution in [2.75, 3.05) is 13.1 Å². The third-order valence-corrected chi connectivity index (χ3v) is 4.64. The van der Waals surface area contributed by atoms with E-state index in [0.29, 0.717) is 12.8 Å². The quantitative estimate of drug-likeness (QED) is 0.905. The summed E-state index contributed by atoms with van der Waals surface area (Å²) >= 11 is 1.70. The maximum Gasteiger partial charge on any atom is 0.222 e. The number of piperidine rings is 1. The smallest absolute Gasteiger partial charge is 0.222 e. The van der Waals surface area contributed by atoms with Crippen molar-refractivity contribution < 1.29 is 9.59 Å². The molecule has 2 rings (SSSR count). The van der Waals surface area contributed by atoms with Crippen molar-refractivity contribution >= 4 is 23.2 Å². The Kier molecular flexibility index (Phi) is 5.59. The second-order valence-corrected chi connectivity index (χ2v) is 6.19. The van der Waals surface area contributed by atoms with Crippen LogP contribution < -0.4 is 5.32 Å². The minimum absolute atomic E-state index is 0.104. The summed E-state index contributed by atoms with van der Waals surface area (Å²) in [5.74, 6) is 0.339. The topological polar surface area (TPSA) is 49.4 Å². The Balaban J connectivity index is 1.70. The standard InChI is InChI=1S/C15H22N2O2S/c1-2-14(18)16-12-7-9-17(10-8-12)15(19)6-5-13-4-3-11-20-13/h3-4,11-12H,2,5-10H2,1H3,(H,16,18). The molecule has 0 saturated carbocycles. The second kappa shape index (κ2) is 7.43. The number of hydrogen-bond donors (Lipinski definition) is 1. The predicted molar refractivity (Wildman–Crippen MR) is 80.7 cm³/mol. The molecule has 1 saturated heterocycles. The molecule has 0 unspecified atom stereocenters. The van der Waals surface area contributed by atoms with E-state index in [9.17, 15) is 9.59 Å². The molecule has 1 aromatic rings. The van der Waals surface area contributed by atoms with Gasteiger partial charge in [-0.2, -0.15) is 0 Å². The second-order valence-electron chi connectivity index (χ2n) is 5.16. The van der Waals surface area contributed by atoms with Gasteiger partial charge in [0.2, 0.25) is 11.8 Å². The minimum atomic E-state index is 0.104. The summed E-state index contributed by atoms with van der Waals surface area (Å²) in [6.07, 6.45) is 3.70. The van der Waals surface area contributed by atoms with E-state index in [1.54, 1.807) is 11.3 Å². The van der Waals surface area contributed by atoms with Crippen LogP contribution in [0.25, 0.3) is 0 Å². The van der Waals surface area contributed by atoms with Gasteiger partial charge in [-0.05, 0) is 30.7 Å². The van der Waals surface area contributed by atoms with Crippen molar-refractivity contribution in [3.8, 4) is 0 Å². The van der Waals surface area contributed by atoms with E-state index in [4.69, 9.17) is 0 Å². The predicted octanol–water partition coefficient (Wildman–Crippen LogP) is 2.20. The van der Waals surface area contributed by atoms with Crippen molar-refractivity contribution in [3.63, 3.8) is 0 Å². The fourth-order valence-electron chi connectivity index (χ4n) is 2.45. The fourth-order valence-corrected chi connectivity index (χ4v) is 3.16. The minimum Gasteiger partial charge on any atom is -0.353 e. The monoisotopic (exact) mass is 294 g/mol. The number of carbonyl (C=O) groups is 2. The molecule has 0 radical (unpaired) electrons. The number of thiophene rings is 1. The lowest BCUT2D eigenvalue weighted by Gasteiger charge is -2.32. The molecule has 0 bridgehead atoms. The largest absolute Gasteiger partial charge is 0.353 e. The van der Waals surface area contributed by atoms with Crippen LogP contribution in [0.3, 0.4) is 0 Å². The van der Waals surface area contributed by atoms with Gasteiger partial charge in [0.15, 0.2) is 0 Å². The molecule has 1 aliphatic heterocycles. The molecule has 1 aliphatic rings. The van der Waals surface area contributed by atoms with E-state index in [1.807, 2.05) is 23.3 Å². The van der Waals surface area contributed by atoms with E-state index in [2.05, 4.69) is 11.4 Å². The molecule has 4 nitrogen and oxygen atoms in total. The maximum atomic E-state index is 12.1. The molecule has 20 heavy (non-hydrogen) atoms. The zero-order valence-corrected chi connectivity index (χ0v) is 12.7. The molecule has 0 spiro atoms. The Hall–Kier alpha value is -1.36. The van der Waals surface area contributed by atoms with Crippen LogP contribution in [0, 0.1) is 0 Å². The number of hydrogen-bond acceptors (Lipinski definition) is 3. The van der Waals surface area contributed by atoms with Crippen LogP contribution in [0.5, 0.6) is 0 Å². The highest BCUT2D eigenvalue weighted by Crippen LogP contribution is 2.15. The summed E-state index contributed by atoms with van der Waals surface area (Å²) < 4.78 is 0. The number of aryl methyl sites for hydroxylation is 1. The van der Waals surface area contributed by atoms with Gasteiger partial charge in [-0.25, -0.2) is 0 Å². The van der Waals surface area contributed by atoms with Gasteiger partial charge in [-0.15, -0.1) is 11.3 Å². The first-order valence-corrected chi connectivity index (χ1v) is 8.16. The maximum absolute atomic E-state index is 12.1. The SMILES string of the molecule is CCC(=O)NC1CCN(C(=O)CCc2cccs2)CC1. The van der Waals surface area contributed by atoms with E-state index in [-0.39, 0.29) is 17.9 Å². The van der Waals surface area contributed by atoms with E-state index in [0.717, 1.165) is 32.4 Å². The molecule has 0 aromatic carbocycles. The van der Waals surface area contributed by atoms with Gasteiger partial charge >= 0.3 is 0 Å². The van der Waals surface area contributed by atoms with E-state index >= 15 is 0 Å². The first-order chi connectivity index (χ1) is 9.69. The number of carbonyl (C=O) groups excluding carboxylic acids is 2. The molecule has 0 atom stereocenters. The average molecular weight is 294 g/mol. The summed E-state index contributed by atoms with van der Waals surface area (Å²) in [7, 11) is 0. The van der Waals surface area contributed by atoms with Crippen molar-refractivity contribution in [1.82, 2.24) is 10.2 Å². The summed E-state index contributed by atoms with van der Waals surface area (Å²) in [4.78, 5) is 26.7. The highest BCUT2D eigenvalue weighted by Gasteiger charge is 2.23. The number of rotatable bonds is 5. The van der Waals surface area contributed by atoms with Crippen LogP contribution in [0.4, 0.5) is 0 Å². The third kappa shape index (κ3) is 4.34. The molecule has 1 fully saturated rings. The zero-order valence-electron chi connectivity index (χ0n) is 11.9. The fraction of sp³-hybridized carbons (Fsp3) is 0.600. The highest BCUT2D eigenvalue weighted by molar-refractivity contribution is 7.09. The molecular formula is C15H22N2O2S. The highest BCUT2D eigenvalue weighted by atomic mass is 32.1. The Morgan fingerprint density at radius 2 is 2.15 bits per heavy atom. The van der Waals surface area contributed by atoms with Gasteiger partial charge in [-0.1, -0.05) is 13.0 Å². The number of nitrogens with zero attached hydrogens (tertiary/aromatic N) is 1. The molecule has 2 heterocycles. The molecule has 0 aliphatic carbocycles. The average Bonchev–Trinajstić information content (AvgIpc) is 2.98. The molecule has 1 aromatic heterocycles. The Bertz CT molecular complexity index is 437. The van der Waals surface area contributed by atoms with Gasteiger partial charge in [0.1, 0.15) is 0 Å². The van der Waals surface area contributed by atoms with Crippen LogP contribution in [-0.4, -0.2) is 35.8 Å². The first-order valence-electron chi connectivity index (χ1n) is 7.28. The summed E-state index contributed by atoms with van der Waals surface area (Å²) in [6, 6.07) is 4.33. The molecule has 110 valence electrons. The van der Waals surface area contributed by atoms with Gasteiger partial charge in [0.05, 0.1) is 0 Å². The normalized spacial score (nSPS) is 16.1. The van der Waals surface area contributed by atoms with Crippen LogP contribution in [0.1, 0.15) is 37.5 Å². The molecule has 2 amide bonds. The van der Waals surface area contributed by atoms with E-state index < -0.39 is 0 Å². The summed E-state index contributed by atoms with van der Waals surface area (Å²) in [5, 5.41) is 5.05. The lowest BCUT2D eigenvalue weighted by atomic mass is 10.0. The summed E-state index contributed by atoms with van der Waals surface area (Å²) in [6.45, 7) is 3.38. The Labute approximate surface area is 124 Å². The van der Waals surface area contributed by atoms with Crippen molar-refractivity contribution in [1.29, 1.82) is 0 Å². The summed E-state index contributed by atoms with van der Waals surface area (Å²) in [5.41, 5.74) is 0. The van der Waals surface area contributed by atoms with Crippen molar-refractivity contribution in [3.05, 3.63) is 22.4 Å². The number of amides is 2. The molecular weight excluding hydrogens is 272 g/mol. The van der Waals surface area contributed by atoms with Crippen LogP contribution >= 0.6 is 11.3 Å². The van der Waals surface area contributed by atoms with Gasteiger partial charge < -0.3 is 10.2 Å². The van der Waals surface area contributed by atoms with Crippen LogP contribution in [0.15, 0.2) is 17.5 Å². The Morgan fingerprint density at radius 1 is 1.40 bits per heavy atom. The van der Waals surface area contributed by atoms with Gasteiger partial charge in [-0.3, -0.25) is 9.59 Å².